The highest BCUT2D eigenvalue weighted by atomic mass is 16.4. The van der Waals surface area contributed by atoms with E-state index < -0.39 is 0 Å². The lowest BCUT2D eigenvalue weighted by atomic mass is 10.0. The molecule has 5 heteroatoms. The maximum atomic E-state index is 11.9. The summed E-state index contributed by atoms with van der Waals surface area (Å²) in [5, 5.41) is 3.91. The number of nitrogens with zero attached hydrogens (tertiary/aromatic N) is 1. The van der Waals surface area contributed by atoms with Crippen LogP contribution in [0.25, 0.3) is 11.0 Å². The van der Waals surface area contributed by atoms with Gasteiger partial charge in [0.25, 0.3) is 0 Å². The van der Waals surface area contributed by atoms with E-state index in [9.17, 15) is 9.59 Å². The number of likely N-dealkylation sites (N-methyl/N-ethyl adjacent to an activating group) is 1. The molecule has 122 valence electrons. The van der Waals surface area contributed by atoms with Gasteiger partial charge >= 0.3 is 5.63 Å². The monoisotopic (exact) mass is 314 g/mol. The van der Waals surface area contributed by atoms with E-state index in [2.05, 4.69) is 5.32 Å². The van der Waals surface area contributed by atoms with Gasteiger partial charge in [-0.1, -0.05) is 0 Å². The second kappa shape index (κ2) is 6.16. The summed E-state index contributed by atoms with van der Waals surface area (Å²) in [6.45, 7) is 4.89. The Morgan fingerprint density at radius 1 is 1.26 bits per heavy atom. The molecule has 23 heavy (non-hydrogen) atoms. The van der Waals surface area contributed by atoms with E-state index in [4.69, 9.17) is 4.42 Å². The Balaban J connectivity index is 1.82. The van der Waals surface area contributed by atoms with Gasteiger partial charge in [-0.25, -0.2) is 4.79 Å². The smallest absolute Gasteiger partial charge is 0.336 e. The molecular formula is C18H22N2O3. The molecule has 1 fully saturated rings. The minimum atomic E-state index is -0.355. The Bertz CT molecular complexity index is 806. The second-order valence-corrected chi connectivity index (χ2v) is 6.54. The first-order valence-corrected chi connectivity index (χ1v) is 7.94. The van der Waals surface area contributed by atoms with Crippen LogP contribution in [0.5, 0.6) is 0 Å². The molecule has 1 heterocycles. The lowest BCUT2D eigenvalue weighted by molar-refractivity contribution is -0.122. The van der Waals surface area contributed by atoms with Crippen molar-refractivity contribution in [1.82, 2.24) is 10.2 Å². The van der Waals surface area contributed by atoms with Gasteiger partial charge in [-0.15, -0.1) is 0 Å². The molecule has 0 aliphatic heterocycles. The van der Waals surface area contributed by atoms with Crippen LogP contribution in [0.2, 0.25) is 0 Å². The summed E-state index contributed by atoms with van der Waals surface area (Å²) in [6, 6.07) is 5.83. The zero-order valence-corrected chi connectivity index (χ0v) is 13.8. The Kier molecular flexibility index (Phi) is 4.22. The predicted molar refractivity (Wildman–Crippen MR) is 89.5 cm³/mol. The normalized spacial score (nSPS) is 14.4. The molecule has 3 rings (SSSR count). The number of carbonyl (C=O) groups is 1. The van der Waals surface area contributed by atoms with E-state index in [0.29, 0.717) is 24.7 Å². The van der Waals surface area contributed by atoms with Crippen LogP contribution in [0.4, 0.5) is 0 Å². The molecule has 1 saturated carbocycles. The third kappa shape index (κ3) is 3.79. The molecule has 0 spiro atoms. The van der Waals surface area contributed by atoms with Crippen molar-refractivity contribution in [2.24, 2.45) is 0 Å². The van der Waals surface area contributed by atoms with Gasteiger partial charge in [0.05, 0.1) is 6.54 Å². The lowest BCUT2D eigenvalue weighted by Gasteiger charge is -2.17. The number of fused-ring (bicyclic) bond motifs is 1. The van der Waals surface area contributed by atoms with Gasteiger partial charge in [-0.2, -0.15) is 0 Å². The molecule has 1 aliphatic rings. The number of aryl methyl sites for hydroxylation is 2. The minimum absolute atomic E-state index is 0.0364. The van der Waals surface area contributed by atoms with Crippen LogP contribution in [-0.4, -0.2) is 30.4 Å². The van der Waals surface area contributed by atoms with Gasteiger partial charge in [0, 0.05) is 24.0 Å². The van der Waals surface area contributed by atoms with Crippen molar-refractivity contribution >= 4 is 16.9 Å². The molecule has 1 amide bonds. The number of hydrogen-bond donors (Lipinski definition) is 1. The minimum Gasteiger partial charge on any atom is -0.423 e. The van der Waals surface area contributed by atoms with Crippen LogP contribution >= 0.6 is 0 Å². The number of benzene rings is 1. The fraction of sp³-hybridized carbons (Fsp3) is 0.444. The number of rotatable bonds is 5. The van der Waals surface area contributed by atoms with Crippen LogP contribution in [0.1, 0.15) is 29.5 Å². The molecule has 0 saturated heterocycles. The van der Waals surface area contributed by atoms with Crippen LogP contribution in [-0.2, 0) is 11.3 Å². The fourth-order valence-electron chi connectivity index (χ4n) is 2.71. The summed E-state index contributed by atoms with van der Waals surface area (Å²) < 4.78 is 5.31. The van der Waals surface area contributed by atoms with Gasteiger partial charge in [-0.3, -0.25) is 9.69 Å². The van der Waals surface area contributed by atoms with Crippen LogP contribution in [0.15, 0.2) is 27.4 Å². The molecular weight excluding hydrogens is 292 g/mol. The van der Waals surface area contributed by atoms with Crippen LogP contribution in [0, 0.1) is 13.8 Å². The standard InChI is InChI=1S/C18H22N2O3/c1-11-6-15-13(8-18(22)23-16(15)7-12(11)2)9-20(3)10-17(21)19-14-4-5-14/h6-8,14H,4-5,9-10H2,1-3H3,(H,19,21). The topological polar surface area (TPSA) is 62.6 Å². The SMILES string of the molecule is Cc1cc2oc(=O)cc(CN(C)CC(=O)NC3CC3)c2cc1C. The molecule has 1 aliphatic carbocycles. The van der Waals surface area contributed by atoms with Gasteiger partial charge in [0.15, 0.2) is 0 Å². The molecule has 0 unspecified atom stereocenters. The molecule has 1 aromatic heterocycles. The zero-order chi connectivity index (χ0) is 16.6. The Hall–Kier alpha value is -2.14. The highest BCUT2D eigenvalue weighted by Crippen LogP contribution is 2.22. The van der Waals surface area contributed by atoms with Gasteiger partial charge in [-0.05, 0) is 62.6 Å². The third-order valence-corrected chi connectivity index (χ3v) is 4.24. The first-order chi connectivity index (χ1) is 10.9. The van der Waals surface area contributed by atoms with Gasteiger partial charge in [0.2, 0.25) is 5.91 Å². The average molecular weight is 314 g/mol. The van der Waals surface area contributed by atoms with E-state index in [0.717, 1.165) is 34.9 Å². The highest BCUT2D eigenvalue weighted by Gasteiger charge is 2.23. The lowest BCUT2D eigenvalue weighted by Crippen LogP contribution is -2.36. The average Bonchev–Trinajstić information content (AvgIpc) is 3.24. The summed E-state index contributed by atoms with van der Waals surface area (Å²) in [7, 11) is 1.88. The Morgan fingerprint density at radius 2 is 1.96 bits per heavy atom. The van der Waals surface area contributed by atoms with E-state index in [1.807, 2.05) is 37.9 Å². The van der Waals surface area contributed by atoms with Crippen molar-refractivity contribution in [1.29, 1.82) is 0 Å². The predicted octanol–water partition coefficient (Wildman–Crippen LogP) is 2.12. The maximum Gasteiger partial charge on any atom is 0.336 e. The molecule has 2 aromatic rings. The van der Waals surface area contributed by atoms with Crippen molar-refractivity contribution in [3.05, 3.63) is 45.3 Å². The molecule has 5 nitrogen and oxygen atoms in total. The van der Waals surface area contributed by atoms with Crippen LogP contribution < -0.4 is 10.9 Å². The first-order valence-electron chi connectivity index (χ1n) is 7.94. The molecule has 0 bridgehead atoms. The summed E-state index contributed by atoms with van der Waals surface area (Å²) in [5.74, 6) is 0.0364. The number of carbonyl (C=O) groups excluding carboxylic acids is 1. The highest BCUT2D eigenvalue weighted by molar-refractivity contribution is 5.82. The zero-order valence-electron chi connectivity index (χ0n) is 13.8. The first kappa shape index (κ1) is 15.7. The number of hydrogen-bond acceptors (Lipinski definition) is 4. The van der Waals surface area contributed by atoms with Crippen LogP contribution in [0.3, 0.4) is 0 Å². The molecule has 1 aromatic carbocycles. The second-order valence-electron chi connectivity index (χ2n) is 6.54. The third-order valence-electron chi connectivity index (χ3n) is 4.24. The summed E-state index contributed by atoms with van der Waals surface area (Å²) >= 11 is 0. The summed E-state index contributed by atoms with van der Waals surface area (Å²) in [4.78, 5) is 25.6. The molecule has 0 radical (unpaired) electrons. The van der Waals surface area contributed by atoms with Crippen molar-refractivity contribution in [2.75, 3.05) is 13.6 Å². The number of amides is 1. The van der Waals surface area contributed by atoms with Crippen molar-refractivity contribution < 1.29 is 9.21 Å². The van der Waals surface area contributed by atoms with E-state index in [1.54, 1.807) is 0 Å². The van der Waals surface area contributed by atoms with Gasteiger partial charge < -0.3 is 9.73 Å². The molecule has 0 atom stereocenters. The van der Waals surface area contributed by atoms with Gasteiger partial charge in [0.1, 0.15) is 5.58 Å². The van der Waals surface area contributed by atoms with E-state index in [1.165, 1.54) is 6.07 Å². The summed E-state index contributed by atoms with van der Waals surface area (Å²) in [5.41, 5.74) is 3.38. The number of nitrogens with one attached hydrogen (secondary N) is 1. The van der Waals surface area contributed by atoms with E-state index >= 15 is 0 Å². The molecule has 1 N–H and O–H groups in total. The summed E-state index contributed by atoms with van der Waals surface area (Å²) in [6.07, 6.45) is 2.16. The van der Waals surface area contributed by atoms with E-state index in [-0.39, 0.29) is 11.5 Å². The Morgan fingerprint density at radius 3 is 2.65 bits per heavy atom. The fourth-order valence-corrected chi connectivity index (χ4v) is 2.71. The Labute approximate surface area is 135 Å². The van der Waals surface area contributed by atoms with Crippen molar-refractivity contribution in [2.45, 2.75) is 39.3 Å². The quantitative estimate of drug-likeness (QED) is 0.859. The van der Waals surface area contributed by atoms with Crippen molar-refractivity contribution in [3.63, 3.8) is 0 Å². The van der Waals surface area contributed by atoms with Crippen molar-refractivity contribution in [3.8, 4) is 0 Å². The maximum absolute atomic E-state index is 11.9. The largest absolute Gasteiger partial charge is 0.423 e.